The Morgan fingerprint density at radius 3 is 2.20 bits per heavy atom. The van der Waals surface area contributed by atoms with Gasteiger partial charge in [-0.05, 0) is 55.9 Å². The van der Waals surface area contributed by atoms with E-state index >= 15 is 0 Å². The van der Waals surface area contributed by atoms with Crippen LogP contribution in [0.1, 0.15) is 73.1 Å². The summed E-state index contributed by atoms with van der Waals surface area (Å²) < 4.78 is 0. The standard InChI is InChI=1S/C17H31NO2/c1-6-17(14(19)20)8-7-9-18(17)13-10-15(2,3)12-16(4,5)11-13/h13H,6-12H2,1-5H3,(H,19,20). The summed E-state index contributed by atoms with van der Waals surface area (Å²) in [5, 5.41) is 9.78. The zero-order chi connectivity index (χ0) is 15.2. The average Bonchev–Trinajstić information content (AvgIpc) is 2.69. The number of hydrogen-bond donors (Lipinski definition) is 1. The molecule has 20 heavy (non-hydrogen) atoms. The Morgan fingerprint density at radius 1 is 1.20 bits per heavy atom. The third-order valence-corrected chi connectivity index (χ3v) is 5.50. The highest BCUT2D eigenvalue weighted by Gasteiger charge is 2.51. The molecule has 1 saturated carbocycles. The third-order valence-electron chi connectivity index (χ3n) is 5.50. The van der Waals surface area contributed by atoms with Crippen LogP contribution >= 0.6 is 0 Å². The fourth-order valence-electron chi connectivity index (χ4n) is 5.20. The van der Waals surface area contributed by atoms with Crippen molar-refractivity contribution < 1.29 is 9.90 Å². The van der Waals surface area contributed by atoms with Crippen LogP contribution in [0.15, 0.2) is 0 Å². The molecule has 0 amide bonds. The second-order valence-electron chi connectivity index (χ2n) is 8.55. The Hall–Kier alpha value is -0.570. The molecule has 1 unspecified atom stereocenters. The van der Waals surface area contributed by atoms with Crippen LogP contribution in [0.25, 0.3) is 0 Å². The largest absolute Gasteiger partial charge is 0.480 e. The second kappa shape index (κ2) is 5.01. The molecule has 0 aromatic heterocycles. The van der Waals surface area contributed by atoms with Crippen molar-refractivity contribution in [2.45, 2.75) is 84.7 Å². The van der Waals surface area contributed by atoms with E-state index in [-0.39, 0.29) is 0 Å². The molecule has 2 rings (SSSR count). The second-order valence-corrected chi connectivity index (χ2v) is 8.55. The van der Waals surface area contributed by atoms with E-state index < -0.39 is 11.5 Å². The minimum absolute atomic E-state index is 0.312. The number of aliphatic carboxylic acids is 1. The normalized spacial score (nSPS) is 34.2. The van der Waals surface area contributed by atoms with E-state index in [0.717, 1.165) is 38.6 Å². The summed E-state index contributed by atoms with van der Waals surface area (Å²) >= 11 is 0. The summed E-state index contributed by atoms with van der Waals surface area (Å²) in [4.78, 5) is 14.2. The van der Waals surface area contributed by atoms with Crippen molar-refractivity contribution in [1.82, 2.24) is 4.90 Å². The van der Waals surface area contributed by atoms with Gasteiger partial charge in [0, 0.05) is 6.04 Å². The van der Waals surface area contributed by atoms with Crippen LogP contribution in [-0.2, 0) is 4.79 Å². The predicted molar refractivity (Wildman–Crippen MR) is 81.8 cm³/mol. The van der Waals surface area contributed by atoms with Crippen molar-refractivity contribution in [3.05, 3.63) is 0 Å². The SMILES string of the molecule is CCC1(C(=O)O)CCCN1C1CC(C)(C)CC(C)(C)C1. The number of carboxylic acid groups (broad SMARTS) is 1. The Balaban J connectivity index is 2.28. The van der Waals surface area contributed by atoms with E-state index in [1.54, 1.807) is 0 Å². The van der Waals surface area contributed by atoms with Gasteiger partial charge in [-0.25, -0.2) is 0 Å². The third kappa shape index (κ3) is 2.74. The highest BCUT2D eigenvalue weighted by Crippen LogP contribution is 2.49. The topological polar surface area (TPSA) is 40.5 Å². The Morgan fingerprint density at radius 2 is 1.75 bits per heavy atom. The van der Waals surface area contributed by atoms with Crippen LogP contribution in [0.2, 0.25) is 0 Å². The maximum absolute atomic E-state index is 11.9. The summed E-state index contributed by atoms with van der Waals surface area (Å²) in [6.07, 6.45) is 6.06. The molecule has 0 aromatic rings. The summed E-state index contributed by atoms with van der Waals surface area (Å²) in [6.45, 7) is 12.3. The van der Waals surface area contributed by atoms with E-state index in [0.29, 0.717) is 16.9 Å². The van der Waals surface area contributed by atoms with Crippen molar-refractivity contribution in [2.24, 2.45) is 10.8 Å². The molecule has 0 bridgehead atoms. The molecule has 1 N–H and O–H groups in total. The molecule has 0 aromatic carbocycles. The molecular formula is C17H31NO2. The van der Waals surface area contributed by atoms with E-state index in [1.165, 1.54) is 6.42 Å². The summed E-state index contributed by atoms with van der Waals surface area (Å²) in [5.41, 5.74) is 0.0220. The molecule has 3 nitrogen and oxygen atoms in total. The zero-order valence-electron chi connectivity index (χ0n) is 13.8. The van der Waals surface area contributed by atoms with Gasteiger partial charge < -0.3 is 5.11 Å². The van der Waals surface area contributed by atoms with Crippen molar-refractivity contribution in [1.29, 1.82) is 0 Å². The molecule has 1 aliphatic carbocycles. The van der Waals surface area contributed by atoms with Crippen molar-refractivity contribution >= 4 is 5.97 Å². The minimum atomic E-state index is -0.612. The molecule has 1 atom stereocenters. The molecule has 116 valence electrons. The first-order chi connectivity index (χ1) is 9.12. The van der Waals surface area contributed by atoms with Crippen molar-refractivity contribution in [2.75, 3.05) is 6.54 Å². The molecule has 1 saturated heterocycles. The average molecular weight is 281 g/mol. The molecule has 0 spiro atoms. The van der Waals surface area contributed by atoms with Crippen LogP contribution < -0.4 is 0 Å². The molecule has 1 aliphatic heterocycles. The van der Waals surface area contributed by atoms with Crippen LogP contribution in [0.5, 0.6) is 0 Å². The molecule has 0 radical (unpaired) electrons. The zero-order valence-corrected chi connectivity index (χ0v) is 13.8. The van der Waals surface area contributed by atoms with Gasteiger partial charge in [0.2, 0.25) is 0 Å². The summed E-state index contributed by atoms with van der Waals surface area (Å²) in [7, 11) is 0. The predicted octanol–water partition coefficient (Wildman–Crippen LogP) is 3.92. The van der Waals surface area contributed by atoms with Gasteiger partial charge in [0.05, 0.1) is 0 Å². The Kier molecular flexibility index (Phi) is 3.96. The van der Waals surface area contributed by atoms with Crippen LogP contribution in [0.4, 0.5) is 0 Å². The Labute approximate surface area is 123 Å². The number of rotatable bonds is 3. The lowest BCUT2D eigenvalue weighted by Crippen LogP contribution is -2.57. The minimum Gasteiger partial charge on any atom is -0.480 e. The van der Waals surface area contributed by atoms with E-state index in [2.05, 4.69) is 32.6 Å². The number of nitrogens with zero attached hydrogens (tertiary/aromatic N) is 1. The highest BCUT2D eigenvalue weighted by atomic mass is 16.4. The Bertz CT molecular complexity index is 372. The van der Waals surface area contributed by atoms with E-state index in [9.17, 15) is 9.90 Å². The summed E-state index contributed by atoms with van der Waals surface area (Å²) in [6, 6.07) is 0.423. The van der Waals surface area contributed by atoms with Gasteiger partial charge in [-0.15, -0.1) is 0 Å². The first-order valence-corrected chi connectivity index (χ1v) is 8.12. The first-order valence-electron chi connectivity index (χ1n) is 8.12. The van der Waals surface area contributed by atoms with Gasteiger partial charge in [-0.2, -0.15) is 0 Å². The van der Waals surface area contributed by atoms with Gasteiger partial charge in [-0.3, -0.25) is 9.69 Å². The van der Waals surface area contributed by atoms with Gasteiger partial charge in [0.15, 0.2) is 0 Å². The molecule has 1 heterocycles. The molecular weight excluding hydrogens is 250 g/mol. The lowest BCUT2D eigenvalue weighted by atomic mass is 9.63. The quantitative estimate of drug-likeness (QED) is 0.852. The van der Waals surface area contributed by atoms with Gasteiger partial charge in [0.1, 0.15) is 5.54 Å². The number of hydrogen-bond acceptors (Lipinski definition) is 2. The van der Waals surface area contributed by atoms with E-state index in [4.69, 9.17) is 0 Å². The van der Waals surface area contributed by atoms with Crippen molar-refractivity contribution in [3.63, 3.8) is 0 Å². The lowest BCUT2D eigenvalue weighted by Gasteiger charge is -2.51. The van der Waals surface area contributed by atoms with Gasteiger partial charge in [-0.1, -0.05) is 34.6 Å². The summed E-state index contributed by atoms with van der Waals surface area (Å²) in [5.74, 6) is -0.612. The fourth-order valence-corrected chi connectivity index (χ4v) is 5.20. The monoisotopic (exact) mass is 281 g/mol. The van der Waals surface area contributed by atoms with Gasteiger partial charge in [0.25, 0.3) is 0 Å². The maximum Gasteiger partial charge on any atom is 0.324 e. The molecule has 2 aliphatic rings. The number of likely N-dealkylation sites (tertiary alicyclic amines) is 1. The van der Waals surface area contributed by atoms with Crippen LogP contribution in [-0.4, -0.2) is 34.1 Å². The van der Waals surface area contributed by atoms with Crippen LogP contribution in [0.3, 0.4) is 0 Å². The number of carbonyl (C=O) groups is 1. The molecule has 3 heteroatoms. The maximum atomic E-state index is 11.9. The fraction of sp³-hybridized carbons (Fsp3) is 0.941. The van der Waals surface area contributed by atoms with Crippen LogP contribution in [0, 0.1) is 10.8 Å². The van der Waals surface area contributed by atoms with Crippen molar-refractivity contribution in [3.8, 4) is 0 Å². The lowest BCUT2D eigenvalue weighted by molar-refractivity contribution is -0.153. The highest BCUT2D eigenvalue weighted by molar-refractivity contribution is 5.79. The van der Waals surface area contributed by atoms with Gasteiger partial charge >= 0.3 is 5.97 Å². The van der Waals surface area contributed by atoms with E-state index in [1.807, 2.05) is 6.92 Å². The smallest absolute Gasteiger partial charge is 0.324 e. The first kappa shape index (κ1) is 15.8. The number of carboxylic acids is 1. The molecule has 2 fully saturated rings.